The molecule has 0 aromatic heterocycles. The average Bonchev–Trinajstić information content (AvgIpc) is 2.43. The maximum atomic E-state index is 5.04. The number of allylic oxidation sites excluding steroid dienone is 2. The summed E-state index contributed by atoms with van der Waals surface area (Å²) in [5.41, 5.74) is 0. The molecular formula is C18H36O. The van der Waals surface area contributed by atoms with Gasteiger partial charge in [0, 0.05) is 13.7 Å². The van der Waals surface area contributed by atoms with E-state index in [4.69, 9.17) is 4.74 Å². The summed E-state index contributed by atoms with van der Waals surface area (Å²) in [5.74, 6) is 0.919. The summed E-state index contributed by atoms with van der Waals surface area (Å²) in [6, 6.07) is 0. The number of hydrogen-bond acceptors (Lipinski definition) is 1. The van der Waals surface area contributed by atoms with Crippen LogP contribution < -0.4 is 0 Å². The quantitative estimate of drug-likeness (QED) is 0.272. The molecule has 0 heterocycles. The Morgan fingerprint density at radius 3 is 2.05 bits per heavy atom. The van der Waals surface area contributed by atoms with E-state index >= 15 is 0 Å². The van der Waals surface area contributed by atoms with Gasteiger partial charge in [0.1, 0.15) is 0 Å². The second-order valence-corrected chi connectivity index (χ2v) is 5.82. The van der Waals surface area contributed by atoms with Gasteiger partial charge in [-0.3, -0.25) is 0 Å². The molecule has 1 nitrogen and oxygen atoms in total. The van der Waals surface area contributed by atoms with Gasteiger partial charge in [0.25, 0.3) is 0 Å². The van der Waals surface area contributed by atoms with Crippen LogP contribution in [0.4, 0.5) is 0 Å². The van der Waals surface area contributed by atoms with Gasteiger partial charge in [0.2, 0.25) is 0 Å². The number of methoxy groups -OCH3 is 1. The number of ether oxygens (including phenoxy) is 1. The summed E-state index contributed by atoms with van der Waals surface area (Å²) in [5, 5.41) is 0. The van der Waals surface area contributed by atoms with Gasteiger partial charge in [0.15, 0.2) is 0 Å². The summed E-state index contributed by atoms with van der Waals surface area (Å²) >= 11 is 0. The maximum absolute atomic E-state index is 5.04. The van der Waals surface area contributed by atoms with Crippen LogP contribution in [0.1, 0.15) is 84.5 Å². The van der Waals surface area contributed by atoms with Gasteiger partial charge in [-0.1, -0.05) is 64.5 Å². The first-order valence-electron chi connectivity index (χ1n) is 8.45. The van der Waals surface area contributed by atoms with Crippen molar-refractivity contribution in [3.63, 3.8) is 0 Å². The van der Waals surface area contributed by atoms with Crippen molar-refractivity contribution < 1.29 is 4.74 Å². The van der Waals surface area contributed by atoms with E-state index in [1.54, 1.807) is 7.11 Å². The molecule has 1 atom stereocenters. The fraction of sp³-hybridized carbons (Fsp3) is 0.889. The monoisotopic (exact) mass is 268 g/mol. The van der Waals surface area contributed by atoms with Gasteiger partial charge in [-0.2, -0.15) is 0 Å². The van der Waals surface area contributed by atoms with E-state index in [1.807, 2.05) is 0 Å². The zero-order valence-corrected chi connectivity index (χ0v) is 13.6. The third-order valence-electron chi connectivity index (χ3n) is 3.90. The van der Waals surface area contributed by atoms with E-state index in [1.165, 1.54) is 70.6 Å². The Balaban J connectivity index is 3.09. The lowest BCUT2D eigenvalue weighted by atomic mass is 10.0. The molecule has 0 rings (SSSR count). The zero-order valence-electron chi connectivity index (χ0n) is 13.6. The largest absolute Gasteiger partial charge is 0.385 e. The molecule has 0 saturated heterocycles. The van der Waals surface area contributed by atoms with Crippen molar-refractivity contribution >= 4 is 0 Å². The molecule has 0 N–H and O–H groups in total. The Bertz CT molecular complexity index is 186. The minimum absolute atomic E-state index is 0.919. The third-order valence-corrected chi connectivity index (χ3v) is 3.90. The Kier molecular flexibility index (Phi) is 15.5. The first-order chi connectivity index (χ1) is 9.31. The van der Waals surface area contributed by atoms with E-state index in [2.05, 4.69) is 26.0 Å². The SMILES string of the molecule is CC[C@H](C)CCCC/C=C/CCCCCCCOC. The molecular weight excluding hydrogens is 232 g/mol. The summed E-state index contributed by atoms with van der Waals surface area (Å²) in [4.78, 5) is 0. The molecule has 0 aliphatic carbocycles. The molecule has 114 valence electrons. The lowest BCUT2D eigenvalue weighted by molar-refractivity contribution is 0.192. The van der Waals surface area contributed by atoms with Gasteiger partial charge >= 0.3 is 0 Å². The highest BCUT2D eigenvalue weighted by atomic mass is 16.5. The van der Waals surface area contributed by atoms with Crippen molar-refractivity contribution in [2.24, 2.45) is 5.92 Å². The molecule has 0 spiro atoms. The van der Waals surface area contributed by atoms with Crippen LogP contribution in [0.15, 0.2) is 12.2 Å². The van der Waals surface area contributed by atoms with Crippen LogP contribution in [0.25, 0.3) is 0 Å². The topological polar surface area (TPSA) is 9.23 Å². The van der Waals surface area contributed by atoms with Crippen molar-refractivity contribution in [2.45, 2.75) is 84.5 Å². The maximum Gasteiger partial charge on any atom is 0.0462 e. The zero-order chi connectivity index (χ0) is 14.2. The molecule has 0 amide bonds. The Hall–Kier alpha value is -0.300. The number of rotatable bonds is 14. The highest BCUT2D eigenvalue weighted by Crippen LogP contribution is 2.12. The molecule has 0 aromatic rings. The molecule has 0 aliphatic rings. The van der Waals surface area contributed by atoms with Gasteiger partial charge in [-0.05, 0) is 38.0 Å². The summed E-state index contributed by atoms with van der Waals surface area (Å²) in [7, 11) is 1.79. The van der Waals surface area contributed by atoms with Crippen LogP contribution in [-0.4, -0.2) is 13.7 Å². The minimum atomic E-state index is 0.919. The van der Waals surface area contributed by atoms with Crippen LogP contribution in [0.5, 0.6) is 0 Å². The molecule has 0 radical (unpaired) electrons. The van der Waals surface area contributed by atoms with Gasteiger partial charge in [-0.15, -0.1) is 0 Å². The molecule has 0 saturated carbocycles. The van der Waals surface area contributed by atoms with Crippen molar-refractivity contribution in [3.8, 4) is 0 Å². The Morgan fingerprint density at radius 1 is 0.842 bits per heavy atom. The fourth-order valence-corrected chi connectivity index (χ4v) is 2.23. The van der Waals surface area contributed by atoms with Gasteiger partial charge < -0.3 is 4.74 Å². The highest BCUT2D eigenvalue weighted by Gasteiger charge is 1.96. The van der Waals surface area contributed by atoms with Crippen molar-refractivity contribution in [2.75, 3.05) is 13.7 Å². The first kappa shape index (κ1) is 18.7. The number of unbranched alkanes of at least 4 members (excludes halogenated alkanes) is 7. The smallest absolute Gasteiger partial charge is 0.0462 e. The Labute approximate surface area is 121 Å². The Morgan fingerprint density at radius 2 is 1.42 bits per heavy atom. The van der Waals surface area contributed by atoms with Crippen LogP contribution in [0.3, 0.4) is 0 Å². The van der Waals surface area contributed by atoms with E-state index in [0.29, 0.717) is 0 Å². The van der Waals surface area contributed by atoms with Crippen LogP contribution >= 0.6 is 0 Å². The third kappa shape index (κ3) is 15.6. The predicted molar refractivity (Wildman–Crippen MR) is 86.6 cm³/mol. The fourth-order valence-electron chi connectivity index (χ4n) is 2.23. The van der Waals surface area contributed by atoms with E-state index in [0.717, 1.165) is 12.5 Å². The molecule has 0 unspecified atom stereocenters. The molecule has 0 bridgehead atoms. The molecule has 1 heteroatoms. The average molecular weight is 268 g/mol. The number of hydrogen-bond donors (Lipinski definition) is 0. The lowest BCUT2D eigenvalue weighted by Crippen LogP contribution is -1.90. The summed E-state index contributed by atoms with van der Waals surface area (Å²) in [6.07, 6.45) is 19.5. The molecule has 19 heavy (non-hydrogen) atoms. The first-order valence-corrected chi connectivity index (χ1v) is 8.45. The normalized spacial score (nSPS) is 13.2. The van der Waals surface area contributed by atoms with Gasteiger partial charge in [0.05, 0.1) is 0 Å². The molecule has 0 aliphatic heterocycles. The van der Waals surface area contributed by atoms with Crippen LogP contribution in [-0.2, 0) is 4.74 Å². The highest BCUT2D eigenvalue weighted by molar-refractivity contribution is 4.81. The summed E-state index contributed by atoms with van der Waals surface area (Å²) < 4.78 is 5.04. The lowest BCUT2D eigenvalue weighted by Gasteiger charge is -2.06. The second-order valence-electron chi connectivity index (χ2n) is 5.82. The molecule has 0 aromatic carbocycles. The van der Waals surface area contributed by atoms with Crippen molar-refractivity contribution in [3.05, 3.63) is 12.2 Å². The minimum Gasteiger partial charge on any atom is -0.385 e. The van der Waals surface area contributed by atoms with Crippen LogP contribution in [0.2, 0.25) is 0 Å². The van der Waals surface area contributed by atoms with Crippen molar-refractivity contribution in [1.29, 1.82) is 0 Å². The van der Waals surface area contributed by atoms with Crippen LogP contribution in [0, 0.1) is 5.92 Å². The van der Waals surface area contributed by atoms with Crippen molar-refractivity contribution in [1.82, 2.24) is 0 Å². The summed E-state index contributed by atoms with van der Waals surface area (Å²) in [6.45, 7) is 5.58. The second kappa shape index (κ2) is 15.8. The molecule has 0 fully saturated rings. The van der Waals surface area contributed by atoms with E-state index in [9.17, 15) is 0 Å². The van der Waals surface area contributed by atoms with E-state index < -0.39 is 0 Å². The van der Waals surface area contributed by atoms with E-state index in [-0.39, 0.29) is 0 Å². The predicted octanol–water partition coefficient (Wildman–Crippen LogP) is 6.14. The van der Waals surface area contributed by atoms with Gasteiger partial charge in [-0.25, -0.2) is 0 Å². The standard InChI is InChI=1S/C18H36O/c1-4-18(2)16-14-12-10-8-6-5-7-9-11-13-15-17-19-3/h6,8,18H,4-5,7,9-17H2,1-3H3/b8-6+/t18-/m0/s1.